The number of nitrogens with one attached hydrogen (secondary N) is 2. The number of para-hydroxylation sites is 1. The summed E-state index contributed by atoms with van der Waals surface area (Å²) in [6, 6.07) is 11.6. The number of carbonyl (C=O) groups excluding carboxylic acids is 1. The van der Waals surface area contributed by atoms with E-state index in [-0.39, 0.29) is 11.7 Å². The van der Waals surface area contributed by atoms with Crippen molar-refractivity contribution in [1.82, 2.24) is 24.9 Å². The Kier molecular flexibility index (Phi) is 4.91. The van der Waals surface area contributed by atoms with Gasteiger partial charge in [0.05, 0.1) is 11.1 Å². The van der Waals surface area contributed by atoms with Crippen LogP contribution in [0, 0.1) is 0 Å². The molecular weight excluding hydrogens is 421 g/mol. The number of alkyl halides is 3. The van der Waals surface area contributed by atoms with Gasteiger partial charge in [0.25, 0.3) is 0 Å². The van der Waals surface area contributed by atoms with Crippen LogP contribution in [0.2, 0.25) is 0 Å². The molecule has 1 atom stereocenters. The minimum Gasteiger partial charge on any atom is -0.354 e. The monoisotopic (exact) mass is 440 g/mol. The standard InChI is InChI=1S/C22H19F3N6O/c23-22(24,25)14-10-8-13(9-11-14)18-29-19-15-5-1-2-6-16(15)27-21(31(19)30-18)28-17-7-3-4-12-26-20(17)32/h1-2,5-6,8-11,17H,3-4,7,12H2,(H,26,32)(H,27,28)/t17-/m1/s1. The van der Waals surface area contributed by atoms with E-state index in [1.807, 2.05) is 24.3 Å². The van der Waals surface area contributed by atoms with Crippen LogP contribution in [0.3, 0.4) is 0 Å². The quantitative estimate of drug-likeness (QED) is 0.502. The minimum absolute atomic E-state index is 0.103. The van der Waals surface area contributed by atoms with Gasteiger partial charge in [-0.2, -0.15) is 17.7 Å². The molecule has 0 bridgehead atoms. The van der Waals surface area contributed by atoms with Crippen LogP contribution in [-0.4, -0.2) is 38.1 Å². The Labute approximate surface area is 180 Å². The van der Waals surface area contributed by atoms with Gasteiger partial charge in [-0.3, -0.25) is 4.79 Å². The number of anilines is 1. The minimum atomic E-state index is -4.42. The van der Waals surface area contributed by atoms with Gasteiger partial charge in [0.2, 0.25) is 11.9 Å². The third-order valence-corrected chi connectivity index (χ3v) is 5.49. The number of fused-ring (bicyclic) bond motifs is 3. The second-order valence-electron chi connectivity index (χ2n) is 7.68. The third-order valence-electron chi connectivity index (χ3n) is 5.49. The van der Waals surface area contributed by atoms with Crippen LogP contribution < -0.4 is 10.6 Å². The Balaban J connectivity index is 1.61. The molecular formula is C22H19F3N6O. The summed E-state index contributed by atoms with van der Waals surface area (Å²) in [5, 5.41) is 11.3. The van der Waals surface area contributed by atoms with E-state index >= 15 is 0 Å². The fraction of sp³-hybridized carbons (Fsp3) is 0.273. The number of benzene rings is 2. The Bertz CT molecular complexity index is 1300. The molecule has 1 saturated heterocycles. The first-order valence-electron chi connectivity index (χ1n) is 10.3. The zero-order valence-electron chi connectivity index (χ0n) is 16.9. The number of hydrogen-bond donors (Lipinski definition) is 2. The van der Waals surface area contributed by atoms with Crippen LogP contribution in [0.4, 0.5) is 19.1 Å². The SMILES string of the molecule is O=C1NCCCC[C@H]1Nc1nc2ccccc2c2nc(-c3ccc(C(F)(F)F)cc3)nn12. The Morgan fingerprint density at radius 2 is 1.81 bits per heavy atom. The van der Waals surface area contributed by atoms with E-state index in [4.69, 9.17) is 0 Å². The van der Waals surface area contributed by atoms with Crippen LogP contribution in [0.25, 0.3) is 27.9 Å². The lowest BCUT2D eigenvalue weighted by Crippen LogP contribution is -2.38. The number of aromatic nitrogens is 4. The maximum absolute atomic E-state index is 12.9. The van der Waals surface area contributed by atoms with Gasteiger partial charge >= 0.3 is 6.18 Å². The van der Waals surface area contributed by atoms with Crippen LogP contribution in [-0.2, 0) is 11.0 Å². The molecule has 2 aromatic carbocycles. The molecule has 0 radical (unpaired) electrons. The van der Waals surface area contributed by atoms with E-state index in [1.54, 1.807) is 0 Å². The van der Waals surface area contributed by atoms with Crippen LogP contribution >= 0.6 is 0 Å². The normalized spacial score (nSPS) is 17.3. The first-order valence-corrected chi connectivity index (χ1v) is 10.3. The van der Waals surface area contributed by atoms with E-state index in [0.717, 1.165) is 30.4 Å². The summed E-state index contributed by atoms with van der Waals surface area (Å²) in [5.41, 5.74) is 0.882. The summed E-state index contributed by atoms with van der Waals surface area (Å²) in [5.74, 6) is 0.519. The summed E-state index contributed by atoms with van der Waals surface area (Å²) in [7, 11) is 0. The smallest absolute Gasteiger partial charge is 0.354 e. The van der Waals surface area contributed by atoms with E-state index in [0.29, 0.717) is 35.6 Å². The van der Waals surface area contributed by atoms with Crippen molar-refractivity contribution in [2.24, 2.45) is 0 Å². The molecule has 0 saturated carbocycles. The average molecular weight is 440 g/mol. The van der Waals surface area contributed by atoms with Gasteiger partial charge in [-0.1, -0.05) is 24.3 Å². The molecule has 10 heteroatoms. The largest absolute Gasteiger partial charge is 0.416 e. The molecule has 1 amide bonds. The van der Waals surface area contributed by atoms with Crippen molar-refractivity contribution in [1.29, 1.82) is 0 Å². The first kappa shape index (κ1) is 20.2. The number of amides is 1. The van der Waals surface area contributed by atoms with Crippen molar-refractivity contribution in [2.45, 2.75) is 31.5 Å². The number of rotatable bonds is 3. The second-order valence-corrected chi connectivity index (χ2v) is 7.68. The molecule has 0 spiro atoms. The molecule has 32 heavy (non-hydrogen) atoms. The highest BCUT2D eigenvalue weighted by atomic mass is 19.4. The first-order chi connectivity index (χ1) is 15.4. The van der Waals surface area contributed by atoms with Crippen molar-refractivity contribution in [3.05, 3.63) is 54.1 Å². The fourth-order valence-electron chi connectivity index (χ4n) is 3.81. The summed E-state index contributed by atoms with van der Waals surface area (Å²) in [6.07, 6.45) is -1.96. The Hall–Kier alpha value is -3.69. The molecule has 5 rings (SSSR count). The molecule has 3 heterocycles. The van der Waals surface area contributed by atoms with E-state index in [2.05, 4.69) is 25.7 Å². The number of carbonyl (C=O) groups is 1. The lowest BCUT2D eigenvalue weighted by molar-refractivity contribution is -0.137. The summed E-state index contributed by atoms with van der Waals surface area (Å²) >= 11 is 0. The van der Waals surface area contributed by atoms with Gasteiger partial charge in [0.15, 0.2) is 11.5 Å². The van der Waals surface area contributed by atoms with Gasteiger partial charge in [-0.15, -0.1) is 5.10 Å². The van der Waals surface area contributed by atoms with Crippen molar-refractivity contribution in [3.63, 3.8) is 0 Å². The lowest BCUT2D eigenvalue weighted by Gasteiger charge is -2.16. The van der Waals surface area contributed by atoms with E-state index < -0.39 is 17.8 Å². The molecule has 1 fully saturated rings. The maximum atomic E-state index is 12.9. The zero-order chi connectivity index (χ0) is 22.3. The maximum Gasteiger partial charge on any atom is 0.416 e. The molecule has 1 aliphatic heterocycles. The number of halogens is 3. The van der Waals surface area contributed by atoms with Crippen molar-refractivity contribution in [2.75, 3.05) is 11.9 Å². The topological polar surface area (TPSA) is 84.2 Å². The molecule has 1 aliphatic rings. The van der Waals surface area contributed by atoms with Crippen LogP contribution in [0.1, 0.15) is 24.8 Å². The van der Waals surface area contributed by atoms with Gasteiger partial charge in [-0.05, 0) is 43.5 Å². The summed E-state index contributed by atoms with van der Waals surface area (Å²) in [6.45, 7) is 0.638. The Morgan fingerprint density at radius 1 is 1.03 bits per heavy atom. The number of hydrogen-bond acceptors (Lipinski definition) is 5. The molecule has 7 nitrogen and oxygen atoms in total. The van der Waals surface area contributed by atoms with E-state index in [9.17, 15) is 18.0 Å². The van der Waals surface area contributed by atoms with Crippen LogP contribution in [0.15, 0.2) is 48.5 Å². The highest BCUT2D eigenvalue weighted by Gasteiger charge is 2.30. The van der Waals surface area contributed by atoms with E-state index in [1.165, 1.54) is 16.6 Å². The second kappa shape index (κ2) is 7.77. The van der Waals surface area contributed by atoms with Crippen molar-refractivity contribution < 1.29 is 18.0 Å². The number of nitrogens with zero attached hydrogens (tertiary/aromatic N) is 4. The third kappa shape index (κ3) is 3.72. The van der Waals surface area contributed by atoms with Gasteiger partial charge in [0.1, 0.15) is 6.04 Å². The lowest BCUT2D eigenvalue weighted by atomic mass is 10.1. The highest BCUT2D eigenvalue weighted by Crippen LogP contribution is 2.31. The van der Waals surface area contributed by atoms with Gasteiger partial charge < -0.3 is 10.6 Å². The predicted molar refractivity (Wildman–Crippen MR) is 113 cm³/mol. The molecule has 2 aromatic heterocycles. The zero-order valence-corrected chi connectivity index (χ0v) is 16.9. The Morgan fingerprint density at radius 3 is 2.59 bits per heavy atom. The highest BCUT2D eigenvalue weighted by molar-refractivity contribution is 5.93. The predicted octanol–water partition coefficient (Wildman–Crippen LogP) is 4.04. The molecule has 164 valence electrons. The summed E-state index contributed by atoms with van der Waals surface area (Å²) < 4.78 is 40.3. The van der Waals surface area contributed by atoms with Crippen molar-refractivity contribution >= 4 is 28.4 Å². The summed E-state index contributed by atoms with van der Waals surface area (Å²) in [4.78, 5) is 21.6. The van der Waals surface area contributed by atoms with Crippen LogP contribution in [0.5, 0.6) is 0 Å². The fourth-order valence-corrected chi connectivity index (χ4v) is 3.81. The van der Waals surface area contributed by atoms with Gasteiger partial charge in [0, 0.05) is 17.5 Å². The molecule has 0 aliphatic carbocycles. The van der Waals surface area contributed by atoms with Crippen molar-refractivity contribution in [3.8, 4) is 11.4 Å². The molecule has 2 N–H and O–H groups in total. The average Bonchev–Trinajstić information content (AvgIpc) is 3.14. The molecule has 4 aromatic rings. The molecule has 0 unspecified atom stereocenters. The van der Waals surface area contributed by atoms with Gasteiger partial charge in [-0.25, -0.2) is 9.97 Å².